The van der Waals surface area contributed by atoms with Crippen molar-refractivity contribution >= 4 is 5.82 Å². The second kappa shape index (κ2) is 10.8. The number of aromatic amines is 2. The highest BCUT2D eigenvalue weighted by atomic mass is 19.2. The van der Waals surface area contributed by atoms with Gasteiger partial charge < -0.3 is 14.8 Å². The van der Waals surface area contributed by atoms with E-state index in [2.05, 4.69) is 25.4 Å². The zero-order chi connectivity index (χ0) is 24.8. The molecule has 0 bridgehead atoms. The van der Waals surface area contributed by atoms with Crippen LogP contribution in [0.3, 0.4) is 0 Å². The Balaban J connectivity index is 1.47. The Kier molecular flexibility index (Phi) is 7.34. The van der Waals surface area contributed by atoms with E-state index in [0.29, 0.717) is 48.2 Å². The molecule has 3 N–H and O–H groups in total. The van der Waals surface area contributed by atoms with Gasteiger partial charge in [0.05, 0.1) is 12.8 Å². The summed E-state index contributed by atoms with van der Waals surface area (Å²) in [5, 5.41) is 5.84. The Morgan fingerprint density at radius 3 is 2.71 bits per heavy atom. The molecule has 0 spiro atoms. The second-order valence-corrected chi connectivity index (χ2v) is 7.62. The smallest absolute Gasteiger partial charge is 0.441 e. The summed E-state index contributed by atoms with van der Waals surface area (Å²) in [5.41, 5.74) is 1.75. The lowest BCUT2D eigenvalue weighted by Crippen LogP contribution is -2.40. The van der Waals surface area contributed by atoms with Crippen molar-refractivity contribution < 1.29 is 22.9 Å². The summed E-state index contributed by atoms with van der Waals surface area (Å²) in [7, 11) is 1.48. The molecule has 0 aliphatic rings. The van der Waals surface area contributed by atoms with Gasteiger partial charge in [0.15, 0.2) is 18.2 Å². The molecule has 2 aromatic heterocycles. The molecule has 182 valence electrons. The van der Waals surface area contributed by atoms with Gasteiger partial charge in [0.25, 0.3) is 0 Å². The maximum atomic E-state index is 13.4. The first-order valence-corrected chi connectivity index (χ1v) is 11.0. The molecule has 0 unspecified atom stereocenters. The summed E-state index contributed by atoms with van der Waals surface area (Å²) in [6.45, 7) is 3.14. The van der Waals surface area contributed by atoms with Crippen LogP contribution in [0.25, 0.3) is 11.3 Å². The van der Waals surface area contributed by atoms with Crippen LogP contribution in [-0.4, -0.2) is 33.7 Å². The van der Waals surface area contributed by atoms with E-state index in [1.807, 2.05) is 31.2 Å². The number of aromatic nitrogens is 5. The van der Waals surface area contributed by atoms with Crippen molar-refractivity contribution in [3.8, 4) is 23.0 Å². The van der Waals surface area contributed by atoms with Crippen LogP contribution in [0.1, 0.15) is 18.3 Å². The molecule has 2 aromatic carbocycles. The number of aryl methyl sites for hydroxylation is 1. The van der Waals surface area contributed by atoms with E-state index in [1.165, 1.54) is 13.2 Å². The monoisotopic (exact) mass is 483 g/mol. The molecule has 0 saturated heterocycles. The SMILES string of the molecule is CC[n+]1[nH]c(=O)[nH]c1COc1cccc(-c2cc(NCCc3ccc(F)c(F)c3)nc(OC)n2)c1. The molecular formula is C24H25F2N6O3+. The van der Waals surface area contributed by atoms with Gasteiger partial charge in [-0.3, -0.25) is 0 Å². The van der Waals surface area contributed by atoms with Gasteiger partial charge in [0.2, 0.25) is 0 Å². The minimum Gasteiger partial charge on any atom is -0.481 e. The van der Waals surface area contributed by atoms with E-state index < -0.39 is 11.6 Å². The maximum Gasteiger partial charge on any atom is 0.441 e. The number of methoxy groups -OCH3 is 1. The standard InChI is InChI=1S/C24H24F2N6O3/c1-3-32-22(30-23(33)31-32)14-35-17-6-4-5-16(12-17)20-13-21(29-24(28-20)34-2)27-10-9-15-7-8-18(25)19(26)11-15/h4-8,11-13H,3,9-10,14H2,1-2H3,(H2,27,28,29,31,33)/p+1. The van der Waals surface area contributed by atoms with Crippen LogP contribution in [0.15, 0.2) is 53.3 Å². The van der Waals surface area contributed by atoms with Crippen LogP contribution < -0.4 is 25.2 Å². The first kappa shape index (κ1) is 23.9. The number of halogens is 2. The minimum absolute atomic E-state index is 0.179. The minimum atomic E-state index is -0.872. The number of nitrogens with zero attached hydrogens (tertiary/aromatic N) is 3. The predicted molar refractivity (Wildman–Crippen MR) is 124 cm³/mol. The molecule has 0 fully saturated rings. The van der Waals surface area contributed by atoms with Gasteiger partial charge in [-0.05, 0) is 43.2 Å². The van der Waals surface area contributed by atoms with E-state index in [9.17, 15) is 13.6 Å². The quantitative estimate of drug-likeness (QED) is 0.299. The summed E-state index contributed by atoms with van der Waals surface area (Å²) >= 11 is 0. The third kappa shape index (κ3) is 5.99. The van der Waals surface area contributed by atoms with Crippen LogP contribution in [0.2, 0.25) is 0 Å². The summed E-state index contributed by atoms with van der Waals surface area (Å²) in [4.78, 5) is 23.0. The number of hydrogen-bond donors (Lipinski definition) is 3. The van der Waals surface area contributed by atoms with Crippen molar-refractivity contribution in [2.45, 2.75) is 26.5 Å². The van der Waals surface area contributed by atoms with Gasteiger partial charge in [-0.2, -0.15) is 24.7 Å². The predicted octanol–water partition coefficient (Wildman–Crippen LogP) is 2.99. The zero-order valence-electron chi connectivity index (χ0n) is 19.3. The fourth-order valence-corrected chi connectivity index (χ4v) is 3.48. The van der Waals surface area contributed by atoms with Crippen LogP contribution in [-0.2, 0) is 19.6 Å². The Hall–Kier alpha value is -4.28. The Bertz CT molecular complexity index is 1370. The number of benzene rings is 2. The fraction of sp³-hybridized carbons (Fsp3) is 0.250. The number of rotatable bonds is 10. The number of hydrogen-bond acceptors (Lipinski definition) is 6. The van der Waals surface area contributed by atoms with Gasteiger partial charge in [-0.15, -0.1) is 0 Å². The Morgan fingerprint density at radius 1 is 1.09 bits per heavy atom. The van der Waals surface area contributed by atoms with Gasteiger partial charge in [-0.1, -0.05) is 18.2 Å². The van der Waals surface area contributed by atoms with Crippen LogP contribution in [0, 0.1) is 11.6 Å². The molecule has 9 nitrogen and oxygen atoms in total. The second-order valence-electron chi connectivity index (χ2n) is 7.62. The number of H-pyrrole nitrogens is 2. The molecule has 4 rings (SSSR count). The summed E-state index contributed by atoms with van der Waals surface area (Å²) in [6.07, 6.45) is 0.473. The van der Waals surface area contributed by atoms with E-state index >= 15 is 0 Å². The highest BCUT2D eigenvalue weighted by Crippen LogP contribution is 2.26. The molecule has 0 radical (unpaired) electrons. The molecule has 2 heterocycles. The third-order valence-corrected chi connectivity index (χ3v) is 5.23. The Labute approximate surface area is 199 Å². The number of nitrogens with one attached hydrogen (secondary N) is 3. The lowest BCUT2D eigenvalue weighted by Gasteiger charge is -2.11. The average Bonchev–Trinajstić information content (AvgIpc) is 3.24. The van der Waals surface area contributed by atoms with E-state index in [-0.39, 0.29) is 18.3 Å². The molecule has 35 heavy (non-hydrogen) atoms. The molecule has 0 amide bonds. The van der Waals surface area contributed by atoms with Crippen molar-refractivity contribution in [3.05, 3.63) is 82.0 Å². The maximum absolute atomic E-state index is 13.4. The van der Waals surface area contributed by atoms with Crippen molar-refractivity contribution in [1.29, 1.82) is 0 Å². The van der Waals surface area contributed by atoms with Crippen molar-refractivity contribution in [3.63, 3.8) is 0 Å². The molecule has 0 saturated carbocycles. The fourth-order valence-electron chi connectivity index (χ4n) is 3.48. The lowest BCUT2D eigenvalue weighted by atomic mass is 10.1. The molecule has 4 aromatic rings. The lowest BCUT2D eigenvalue weighted by molar-refractivity contribution is -0.756. The highest BCUT2D eigenvalue weighted by molar-refractivity contribution is 5.64. The third-order valence-electron chi connectivity index (χ3n) is 5.23. The van der Waals surface area contributed by atoms with E-state index in [1.54, 1.807) is 16.8 Å². The molecule has 11 heteroatoms. The van der Waals surface area contributed by atoms with Gasteiger partial charge >= 0.3 is 17.5 Å². The van der Waals surface area contributed by atoms with Crippen LogP contribution in [0.4, 0.5) is 14.6 Å². The number of ether oxygens (including phenoxy) is 2. The highest BCUT2D eigenvalue weighted by Gasteiger charge is 2.14. The topological polar surface area (TPSA) is 109 Å². The zero-order valence-corrected chi connectivity index (χ0v) is 19.3. The van der Waals surface area contributed by atoms with E-state index in [4.69, 9.17) is 9.47 Å². The van der Waals surface area contributed by atoms with Gasteiger partial charge in [-0.25, -0.2) is 13.6 Å². The number of anilines is 1. The van der Waals surface area contributed by atoms with Crippen molar-refractivity contribution in [2.75, 3.05) is 19.0 Å². The molecule has 0 aliphatic heterocycles. The summed E-state index contributed by atoms with van der Waals surface area (Å²) < 4.78 is 39.4. The molecule has 0 atom stereocenters. The largest absolute Gasteiger partial charge is 0.481 e. The summed E-state index contributed by atoms with van der Waals surface area (Å²) in [6, 6.07) is 13.1. The normalized spacial score (nSPS) is 10.9. The molecular weight excluding hydrogens is 458 g/mol. The first-order valence-electron chi connectivity index (χ1n) is 11.0. The summed E-state index contributed by atoms with van der Waals surface area (Å²) in [5.74, 6) is -0.00147. The average molecular weight is 483 g/mol. The van der Waals surface area contributed by atoms with Crippen LogP contribution >= 0.6 is 0 Å². The first-order chi connectivity index (χ1) is 16.9. The Morgan fingerprint density at radius 2 is 1.94 bits per heavy atom. The van der Waals surface area contributed by atoms with Gasteiger partial charge in [0, 0.05) is 18.2 Å². The van der Waals surface area contributed by atoms with Gasteiger partial charge in [0.1, 0.15) is 18.1 Å². The molecule has 0 aliphatic carbocycles. The van der Waals surface area contributed by atoms with Crippen molar-refractivity contribution in [1.82, 2.24) is 20.1 Å². The van der Waals surface area contributed by atoms with E-state index in [0.717, 1.165) is 11.6 Å². The van der Waals surface area contributed by atoms with Crippen LogP contribution in [0.5, 0.6) is 11.8 Å². The van der Waals surface area contributed by atoms with Crippen molar-refractivity contribution in [2.24, 2.45) is 0 Å².